The number of nitrogens with zero attached hydrogens (tertiary/aromatic N) is 1. The minimum absolute atomic E-state index is 0.386. The molecule has 0 spiro atoms. The summed E-state index contributed by atoms with van der Waals surface area (Å²) in [5, 5.41) is 2.28. The Hall–Kier alpha value is -1.32. The van der Waals surface area contributed by atoms with E-state index in [0.717, 1.165) is 18.7 Å². The van der Waals surface area contributed by atoms with Crippen molar-refractivity contribution in [3.05, 3.63) is 54.1 Å². The molecule has 0 bridgehead atoms. The number of aromatic nitrogens is 2. The third-order valence-corrected chi connectivity index (χ3v) is 3.16. The van der Waals surface area contributed by atoms with Gasteiger partial charge < -0.3 is 10.3 Å². The van der Waals surface area contributed by atoms with Crippen molar-refractivity contribution in [3.63, 3.8) is 0 Å². The molecule has 4 heteroatoms. The van der Waals surface area contributed by atoms with Crippen LogP contribution in [0.15, 0.2) is 42.9 Å². The summed E-state index contributed by atoms with van der Waals surface area (Å²) >= 11 is 5.99. The molecule has 0 fully saturated rings. The number of benzene rings is 1. The van der Waals surface area contributed by atoms with E-state index in [1.54, 1.807) is 6.33 Å². The van der Waals surface area contributed by atoms with Crippen LogP contribution in [-0.4, -0.2) is 21.9 Å². The van der Waals surface area contributed by atoms with Crippen molar-refractivity contribution in [3.8, 4) is 0 Å². The third-order valence-electron chi connectivity index (χ3n) is 2.76. The number of quaternary nitrogens is 1. The fourth-order valence-electron chi connectivity index (χ4n) is 1.80. The van der Waals surface area contributed by atoms with Gasteiger partial charge in [0, 0.05) is 23.9 Å². The maximum Gasteiger partial charge on any atom is 0.105 e. The fourth-order valence-corrected chi connectivity index (χ4v) is 2.03. The predicted octanol–water partition coefficient (Wildman–Crippen LogP) is 1.32. The number of hydrogen-bond donors (Lipinski definition) is 2. The van der Waals surface area contributed by atoms with Crippen LogP contribution >= 0.6 is 11.6 Å². The lowest BCUT2D eigenvalue weighted by Gasteiger charge is -2.11. The average Bonchev–Trinajstić information content (AvgIpc) is 2.88. The number of alkyl halides is 1. The first-order chi connectivity index (χ1) is 8.38. The summed E-state index contributed by atoms with van der Waals surface area (Å²) in [5.41, 5.74) is 2.46. The lowest BCUT2D eigenvalue weighted by Crippen LogP contribution is -2.89. The van der Waals surface area contributed by atoms with Crippen LogP contribution in [0.4, 0.5) is 0 Å². The molecule has 0 aliphatic heterocycles. The van der Waals surface area contributed by atoms with Gasteiger partial charge in [-0.25, -0.2) is 4.98 Å². The third kappa shape index (κ3) is 3.88. The van der Waals surface area contributed by atoms with Gasteiger partial charge in [-0.3, -0.25) is 0 Å². The van der Waals surface area contributed by atoms with Crippen molar-refractivity contribution in [2.45, 2.75) is 19.0 Å². The highest BCUT2D eigenvalue weighted by atomic mass is 35.5. The van der Waals surface area contributed by atoms with Crippen molar-refractivity contribution in [1.82, 2.24) is 9.97 Å². The van der Waals surface area contributed by atoms with Gasteiger partial charge in [0.05, 0.1) is 12.2 Å². The minimum Gasteiger partial charge on any atom is -0.348 e. The van der Waals surface area contributed by atoms with Gasteiger partial charge in [-0.05, 0) is 0 Å². The highest BCUT2D eigenvalue weighted by molar-refractivity contribution is 6.18. The van der Waals surface area contributed by atoms with Crippen LogP contribution < -0.4 is 5.32 Å². The number of halogens is 1. The first-order valence-corrected chi connectivity index (χ1v) is 6.32. The molecule has 2 rings (SSSR count). The Balaban J connectivity index is 1.84. The number of nitrogens with two attached hydrogens (primary N) is 1. The summed E-state index contributed by atoms with van der Waals surface area (Å²) in [6.07, 6.45) is 4.49. The normalized spacial score (nSPS) is 12.5. The standard InChI is InChI=1S/C13H16ClN3/c14-7-12(6-13-9-15-10-17-13)16-8-11-4-2-1-3-5-11/h1-5,9-10,12,16H,6-8H2,(H,15,17)/p+1/t12-/m1/s1. The van der Waals surface area contributed by atoms with E-state index in [9.17, 15) is 0 Å². The molecule has 0 amide bonds. The van der Waals surface area contributed by atoms with Crippen molar-refractivity contribution in [1.29, 1.82) is 0 Å². The Morgan fingerprint density at radius 3 is 2.76 bits per heavy atom. The molecule has 1 aromatic heterocycles. The zero-order valence-corrected chi connectivity index (χ0v) is 10.4. The number of aromatic amines is 1. The fraction of sp³-hybridized carbons (Fsp3) is 0.308. The van der Waals surface area contributed by atoms with Gasteiger partial charge in [0.1, 0.15) is 12.6 Å². The Morgan fingerprint density at radius 2 is 2.12 bits per heavy atom. The lowest BCUT2D eigenvalue weighted by atomic mass is 10.1. The molecular weight excluding hydrogens is 234 g/mol. The molecule has 3 nitrogen and oxygen atoms in total. The first kappa shape index (κ1) is 12.1. The van der Waals surface area contributed by atoms with Crippen LogP contribution in [0, 0.1) is 0 Å². The molecular formula is C13H17ClN3+. The van der Waals surface area contributed by atoms with E-state index in [4.69, 9.17) is 11.6 Å². The van der Waals surface area contributed by atoms with Gasteiger partial charge >= 0.3 is 0 Å². The number of imidazole rings is 1. The summed E-state index contributed by atoms with van der Waals surface area (Å²) in [6, 6.07) is 10.8. The molecule has 0 saturated carbocycles. The van der Waals surface area contributed by atoms with Gasteiger partial charge in [0.15, 0.2) is 0 Å². The maximum absolute atomic E-state index is 5.99. The van der Waals surface area contributed by atoms with Crippen molar-refractivity contribution < 1.29 is 5.32 Å². The monoisotopic (exact) mass is 250 g/mol. The summed E-state index contributed by atoms with van der Waals surface area (Å²) in [4.78, 5) is 7.13. The molecule has 3 N–H and O–H groups in total. The first-order valence-electron chi connectivity index (χ1n) is 5.79. The number of rotatable bonds is 6. The second-order valence-electron chi connectivity index (χ2n) is 4.12. The van der Waals surface area contributed by atoms with Crippen LogP contribution in [0.5, 0.6) is 0 Å². The van der Waals surface area contributed by atoms with Crippen molar-refractivity contribution >= 4 is 11.6 Å². The Kier molecular flexibility index (Phi) is 4.59. The zero-order chi connectivity index (χ0) is 11.9. The van der Waals surface area contributed by atoms with Crippen molar-refractivity contribution in [2.24, 2.45) is 0 Å². The molecule has 0 saturated heterocycles. The van der Waals surface area contributed by atoms with E-state index in [0.29, 0.717) is 11.9 Å². The predicted molar refractivity (Wildman–Crippen MR) is 68.9 cm³/mol. The van der Waals surface area contributed by atoms with E-state index in [1.165, 1.54) is 5.56 Å². The second kappa shape index (κ2) is 6.42. The van der Waals surface area contributed by atoms with Crippen LogP contribution in [0.2, 0.25) is 0 Å². The molecule has 0 unspecified atom stereocenters. The molecule has 17 heavy (non-hydrogen) atoms. The van der Waals surface area contributed by atoms with Gasteiger partial charge in [0.25, 0.3) is 0 Å². The van der Waals surface area contributed by atoms with Crippen LogP contribution in [-0.2, 0) is 13.0 Å². The van der Waals surface area contributed by atoms with Crippen LogP contribution in [0.25, 0.3) is 0 Å². The minimum atomic E-state index is 0.386. The van der Waals surface area contributed by atoms with Gasteiger partial charge in [-0.2, -0.15) is 0 Å². The second-order valence-corrected chi connectivity index (χ2v) is 4.43. The maximum atomic E-state index is 5.99. The van der Waals surface area contributed by atoms with E-state index in [2.05, 4.69) is 39.6 Å². The topological polar surface area (TPSA) is 45.3 Å². The van der Waals surface area contributed by atoms with Gasteiger partial charge in [-0.1, -0.05) is 30.3 Å². The Morgan fingerprint density at radius 1 is 1.29 bits per heavy atom. The Bertz CT molecular complexity index is 413. The largest absolute Gasteiger partial charge is 0.348 e. The zero-order valence-electron chi connectivity index (χ0n) is 9.64. The average molecular weight is 251 g/mol. The number of H-pyrrole nitrogens is 1. The molecule has 0 aliphatic carbocycles. The van der Waals surface area contributed by atoms with Gasteiger partial charge in [-0.15, -0.1) is 11.6 Å². The number of nitrogens with one attached hydrogen (secondary N) is 1. The van der Waals surface area contributed by atoms with E-state index in [-0.39, 0.29) is 0 Å². The summed E-state index contributed by atoms with van der Waals surface area (Å²) < 4.78 is 0. The summed E-state index contributed by atoms with van der Waals surface area (Å²) in [5.74, 6) is 0.645. The smallest absolute Gasteiger partial charge is 0.105 e. The van der Waals surface area contributed by atoms with Crippen LogP contribution in [0.3, 0.4) is 0 Å². The van der Waals surface area contributed by atoms with E-state index in [1.807, 2.05) is 12.3 Å². The van der Waals surface area contributed by atoms with E-state index < -0.39 is 0 Å². The molecule has 0 radical (unpaired) electrons. The lowest BCUT2D eigenvalue weighted by molar-refractivity contribution is -0.700. The quantitative estimate of drug-likeness (QED) is 0.747. The van der Waals surface area contributed by atoms with Gasteiger partial charge in [0.2, 0.25) is 0 Å². The molecule has 1 aromatic carbocycles. The highest BCUT2D eigenvalue weighted by Gasteiger charge is 2.12. The molecule has 1 atom stereocenters. The highest BCUT2D eigenvalue weighted by Crippen LogP contribution is 1.98. The molecule has 0 aliphatic rings. The van der Waals surface area contributed by atoms with E-state index >= 15 is 0 Å². The van der Waals surface area contributed by atoms with Crippen molar-refractivity contribution in [2.75, 3.05) is 5.88 Å². The molecule has 2 aromatic rings. The van der Waals surface area contributed by atoms with Crippen LogP contribution in [0.1, 0.15) is 11.3 Å². The Labute approximate surface area is 106 Å². The number of hydrogen-bond acceptors (Lipinski definition) is 1. The molecule has 1 heterocycles. The summed E-state index contributed by atoms with van der Waals surface area (Å²) in [6.45, 7) is 0.965. The summed E-state index contributed by atoms with van der Waals surface area (Å²) in [7, 11) is 0. The molecule has 90 valence electrons. The SMILES string of the molecule is ClC[C@@H](Cc1cnc[nH]1)[NH2+]Cc1ccccc1.